The fourth-order valence-corrected chi connectivity index (χ4v) is 4.99. The van der Waals surface area contributed by atoms with Crippen LogP contribution in [-0.4, -0.2) is 67.7 Å². The summed E-state index contributed by atoms with van der Waals surface area (Å²) in [5.74, 6) is 0.600. The van der Waals surface area contributed by atoms with E-state index in [1.807, 2.05) is 18.2 Å². The first-order valence-corrected chi connectivity index (χ1v) is 13.5. The Balaban J connectivity index is 1.36. The summed E-state index contributed by atoms with van der Waals surface area (Å²) < 4.78 is 31.8. The molecule has 0 saturated carbocycles. The number of urea groups is 1. The average Bonchev–Trinajstić information content (AvgIpc) is 2.95. The first kappa shape index (κ1) is 27.2. The number of nitrogens with zero attached hydrogens (tertiary/aromatic N) is 3. The van der Waals surface area contributed by atoms with Crippen molar-refractivity contribution >= 4 is 45.2 Å². The highest BCUT2D eigenvalue weighted by Crippen LogP contribution is 2.35. The van der Waals surface area contributed by atoms with Gasteiger partial charge in [0.1, 0.15) is 23.1 Å². The van der Waals surface area contributed by atoms with E-state index in [0.717, 1.165) is 10.0 Å². The Kier molecular flexibility index (Phi) is 8.25. The number of carbonyl (C=O) groups excluding carboxylic acids is 2. The summed E-state index contributed by atoms with van der Waals surface area (Å²) in [6.45, 7) is 2.20. The number of carbonyl (C=O) groups is 2. The molecule has 0 aromatic heterocycles. The van der Waals surface area contributed by atoms with Gasteiger partial charge in [0, 0.05) is 36.2 Å². The molecular weight excluding hydrogens is 593 g/mol. The Morgan fingerprint density at radius 1 is 1.13 bits per heavy atom. The fourth-order valence-electron chi connectivity index (χ4n) is 4.48. The Hall–Kier alpha value is -3.34. The number of benzene rings is 3. The van der Waals surface area contributed by atoms with Crippen molar-refractivity contribution in [2.45, 2.75) is 12.6 Å². The molecule has 8 nitrogen and oxygen atoms in total. The molecule has 0 aliphatic carbocycles. The summed E-state index contributed by atoms with van der Waals surface area (Å²) in [7, 11) is 1.68. The van der Waals surface area contributed by atoms with Gasteiger partial charge in [0.2, 0.25) is 0 Å². The van der Waals surface area contributed by atoms with Crippen molar-refractivity contribution in [2.75, 3.05) is 44.8 Å². The quantitative estimate of drug-likeness (QED) is 0.366. The highest BCUT2D eigenvalue weighted by Gasteiger charge is 2.37. The number of amides is 3. The van der Waals surface area contributed by atoms with Gasteiger partial charge in [-0.2, -0.15) is 0 Å². The molecular formula is C28H26BrClFN3O5. The van der Waals surface area contributed by atoms with Gasteiger partial charge in [0.05, 0.1) is 37.0 Å². The molecule has 3 aromatic carbocycles. The lowest BCUT2D eigenvalue weighted by Gasteiger charge is -2.38. The Morgan fingerprint density at radius 3 is 2.67 bits per heavy atom. The lowest BCUT2D eigenvalue weighted by molar-refractivity contribution is -0.142. The minimum Gasteiger partial charge on any atom is -0.476 e. The molecule has 0 bridgehead atoms. The van der Waals surface area contributed by atoms with Gasteiger partial charge >= 0.3 is 6.03 Å². The molecule has 1 saturated heterocycles. The molecule has 3 aromatic rings. The zero-order valence-corrected chi connectivity index (χ0v) is 23.5. The predicted molar refractivity (Wildman–Crippen MR) is 148 cm³/mol. The fraction of sp³-hybridized carbons (Fsp3) is 0.286. The number of hydrogen-bond acceptors (Lipinski definition) is 5. The summed E-state index contributed by atoms with van der Waals surface area (Å²) in [5.41, 5.74) is 1.31. The molecule has 1 unspecified atom stereocenters. The Labute approximate surface area is 238 Å². The number of ether oxygens (including phenoxy) is 3. The Morgan fingerprint density at radius 2 is 1.90 bits per heavy atom. The molecule has 5 rings (SSSR count). The minimum atomic E-state index is -0.829. The summed E-state index contributed by atoms with van der Waals surface area (Å²) in [4.78, 5) is 31.8. The van der Waals surface area contributed by atoms with Gasteiger partial charge in [0.15, 0.2) is 6.10 Å². The van der Waals surface area contributed by atoms with E-state index >= 15 is 0 Å². The predicted octanol–water partition coefficient (Wildman–Crippen LogP) is 5.71. The molecule has 1 atom stereocenters. The number of morpholine rings is 1. The van der Waals surface area contributed by atoms with Crippen LogP contribution in [0, 0.1) is 5.82 Å². The van der Waals surface area contributed by atoms with Crippen LogP contribution in [0.2, 0.25) is 5.02 Å². The number of hydrogen-bond donors (Lipinski definition) is 0. The van der Waals surface area contributed by atoms with Crippen LogP contribution in [0.15, 0.2) is 65.1 Å². The largest absolute Gasteiger partial charge is 0.476 e. The second-order valence-corrected chi connectivity index (χ2v) is 10.5. The maximum atomic E-state index is 13.8. The van der Waals surface area contributed by atoms with Crippen LogP contribution in [0.25, 0.3) is 0 Å². The number of rotatable bonds is 5. The molecule has 204 valence electrons. The molecule has 0 N–H and O–H groups in total. The highest BCUT2D eigenvalue weighted by atomic mass is 79.9. The normalized spacial score (nSPS) is 16.8. The number of fused-ring (bicyclic) bond motifs is 1. The van der Waals surface area contributed by atoms with Gasteiger partial charge in [-0.25, -0.2) is 9.18 Å². The molecule has 0 radical (unpaired) electrons. The average molecular weight is 619 g/mol. The topological polar surface area (TPSA) is 71.6 Å². The first-order chi connectivity index (χ1) is 18.8. The monoisotopic (exact) mass is 617 g/mol. The second kappa shape index (κ2) is 11.8. The third-order valence-electron chi connectivity index (χ3n) is 6.48. The van der Waals surface area contributed by atoms with Crippen molar-refractivity contribution in [1.82, 2.24) is 9.80 Å². The number of halogens is 3. The first-order valence-electron chi connectivity index (χ1n) is 12.4. The molecule has 2 aliphatic heterocycles. The lowest BCUT2D eigenvalue weighted by atomic mass is 10.1. The summed E-state index contributed by atoms with van der Waals surface area (Å²) in [6.07, 6.45) is -0.829. The van der Waals surface area contributed by atoms with Crippen molar-refractivity contribution in [3.63, 3.8) is 0 Å². The van der Waals surface area contributed by atoms with Crippen LogP contribution in [0.5, 0.6) is 17.2 Å². The maximum Gasteiger partial charge on any atom is 0.324 e. The van der Waals surface area contributed by atoms with E-state index in [2.05, 4.69) is 15.9 Å². The van der Waals surface area contributed by atoms with Crippen molar-refractivity contribution < 1.29 is 28.2 Å². The van der Waals surface area contributed by atoms with Crippen molar-refractivity contribution in [1.29, 1.82) is 0 Å². The van der Waals surface area contributed by atoms with Crippen molar-refractivity contribution in [2.24, 2.45) is 0 Å². The van der Waals surface area contributed by atoms with E-state index in [1.54, 1.807) is 46.0 Å². The molecule has 2 aliphatic rings. The Bertz CT molecular complexity index is 1390. The van der Waals surface area contributed by atoms with E-state index < -0.39 is 11.9 Å². The SMILES string of the molecule is CN(Cc1ccc(Br)cc1Oc1ccc(F)c(Cl)c1)C(=O)N1CC(C(=O)N2CCOCC2)Oc2ccccc21. The smallest absolute Gasteiger partial charge is 0.324 e. The van der Waals surface area contributed by atoms with Gasteiger partial charge in [-0.3, -0.25) is 9.69 Å². The molecule has 39 heavy (non-hydrogen) atoms. The number of anilines is 1. The van der Waals surface area contributed by atoms with E-state index in [1.165, 1.54) is 18.2 Å². The molecule has 3 amide bonds. The van der Waals surface area contributed by atoms with Crippen molar-refractivity contribution in [3.8, 4) is 17.2 Å². The molecule has 1 fully saturated rings. The molecule has 0 spiro atoms. The third kappa shape index (κ3) is 6.13. The van der Waals surface area contributed by atoms with Crippen LogP contribution in [0.3, 0.4) is 0 Å². The lowest BCUT2D eigenvalue weighted by Crippen LogP contribution is -2.55. The van der Waals surface area contributed by atoms with E-state index in [9.17, 15) is 14.0 Å². The summed E-state index contributed by atoms with van der Waals surface area (Å²) in [6, 6.07) is 16.4. The van der Waals surface area contributed by atoms with Crippen LogP contribution >= 0.6 is 27.5 Å². The van der Waals surface area contributed by atoms with Crippen LogP contribution in [0.1, 0.15) is 5.56 Å². The van der Waals surface area contributed by atoms with E-state index in [-0.39, 0.29) is 30.1 Å². The van der Waals surface area contributed by atoms with Gasteiger partial charge < -0.3 is 24.0 Å². The van der Waals surface area contributed by atoms with Crippen LogP contribution in [-0.2, 0) is 16.1 Å². The van der Waals surface area contributed by atoms with Gasteiger partial charge in [-0.15, -0.1) is 0 Å². The van der Waals surface area contributed by atoms with Gasteiger partial charge in [-0.1, -0.05) is 45.7 Å². The van der Waals surface area contributed by atoms with Crippen LogP contribution in [0.4, 0.5) is 14.9 Å². The highest BCUT2D eigenvalue weighted by molar-refractivity contribution is 9.10. The van der Waals surface area contributed by atoms with Crippen LogP contribution < -0.4 is 14.4 Å². The molecule has 11 heteroatoms. The second-order valence-electron chi connectivity index (χ2n) is 9.19. The zero-order chi connectivity index (χ0) is 27.5. The zero-order valence-electron chi connectivity index (χ0n) is 21.1. The third-order valence-corrected chi connectivity index (χ3v) is 7.27. The molecule has 2 heterocycles. The maximum absolute atomic E-state index is 13.8. The summed E-state index contributed by atoms with van der Waals surface area (Å²) in [5, 5.41) is -0.0523. The minimum absolute atomic E-state index is 0.0523. The van der Waals surface area contributed by atoms with E-state index in [4.69, 9.17) is 25.8 Å². The van der Waals surface area contributed by atoms with Gasteiger partial charge in [-0.05, 0) is 36.4 Å². The van der Waals surface area contributed by atoms with E-state index in [0.29, 0.717) is 49.2 Å². The standard InChI is InChI=1S/C28H26BrClFN3O5/c1-32(16-18-6-7-19(29)14-25(18)38-20-8-9-22(31)21(30)15-20)28(36)34-17-26(27(35)33-10-12-37-13-11-33)39-24-5-3-2-4-23(24)34/h2-9,14-15,26H,10-13,16-17H2,1H3. The van der Waals surface area contributed by atoms with Crippen molar-refractivity contribution in [3.05, 3.63) is 81.5 Å². The summed E-state index contributed by atoms with van der Waals surface area (Å²) >= 11 is 9.37. The number of para-hydroxylation sites is 2. The van der Waals surface area contributed by atoms with Gasteiger partial charge in [0.25, 0.3) is 5.91 Å².